The number of rotatable bonds is 1. The summed E-state index contributed by atoms with van der Waals surface area (Å²) in [6, 6.07) is 0. The van der Waals surface area contributed by atoms with Gasteiger partial charge in [0.25, 0.3) is 0 Å². The molecule has 0 saturated heterocycles. The summed E-state index contributed by atoms with van der Waals surface area (Å²) in [5.41, 5.74) is 0. The number of hydrogen-bond donors (Lipinski definition) is 0. The van der Waals surface area contributed by atoms with Gasteiger partial charge in [-0.15, -0.1) is 0 Å². The zero-order valence-corrected chi connectivity index (χ0v) is 6.97. The Kier molecular flexibility index (Phi) is 1.61. The smallest absolute Gasteiger partial charge is 0.0169 e. The Morgan fingerprint density at radius 1 is 1.57 bits per heavy atom. The van der Waals surface area contributed by atoms with Crippen LogP contribution in [0.3, 0.4) is 0 Å². The predicted molar refractivity (Wildman–Crippen MR) is 40.8 cm³/mol. The van der Waals surface area contributed by atoms with Gasteiger partial charge >= 0.3 is 0 Å². The Morgan fingerprint density at radius 2 is 2.00 bits per heavy atom. The van der Waals surface area contributed by atoms with Crippen LogP contribution in [-0.4, -0.2) is 3.92 Å². The molecule has 0 aromatic carbocycles. The van der Waals surface area contributed by atoms with Gasteiger partial charge in [0.2, 0.25) is 0 Å². The van der Waals surface area contributed by atoms with E-state index >= 15 is 0 Å². The van der Waals surface area contributed by atoms with Gasteiger partial charge in [-0.1, -0.05) is 42.9 Å². The molecule has 0 spiro atoms. The molecular weight excluding hydrogens is 199 g/mol. The van der Waals surface area contributed by atoms with E-state index in [1.807, 2.05) is 0 Å². The van der Waals surface area contributed by atoms with E-state index in [1.54, 1.807) is 0 Å². The number of hydrogen-bond acceptors (Lipinski definition) is 0. The monoisotopic (exact) mass is 210 g/mol. The standard InChI is InChI=1S/C6H11I/c1-3-5-4(2)6(5)7/h4-6H,3H2,1-2H3/t4?,5?,6-/m1/s1. The average Bonchev–Trinajstić information content (AvgIpc) is 2.17. The Bertz CT molecular complexity index is 62.6. The van der Waals surface area contributed by atoms with Crippen molar-refractivity contribution >= 4 is 22.6 Å². The molecule has 1 heteroatoms. The SMILES string of the molecule is CCC1C(C)[C@H]1I. The fourth-order valence-corrected chi connectivity index (χ4v) is 2.55. The second kappa shape index (κ2) is 1.92. The molecule has 0 aromatic heterocycles. The summed E-state index contributed by atoms with van der Waals surface area (Å²) < 4.78 is 1.00. The second-order valence-electron chi connectivity index (χ2n) is 2.38. The quantitative estimate of drug-likeness (QED) is 0.460. The van der Waals surface area contributed by atoms with E-state index in [9.17, 15) is 0 Å². The molecule has 42 valence electrons. The van der Waals surface area contributed by atoms with Crippen LogP contribution in [0, 0.1) is 11.8 Å². The molecule has 1 aliphatic rings. The van der Waals surface area contributed by atoms with E-state index in [0.29, 0.717) is 0 Å². The highest BCUT2D eigenvalue weighted by atomic mass is 127. The van der Waals surface area contributed by atoms with Crippen LogP contribution in [0.25, 0.3) is 0 Å². The molecule has 0 radical (unpaired) electrons. The predicted octanol–water partition coefficient (Wildman–Crippen LogP) is 2.47. The summed E-state index contributed by atoms with van der Waals surface area (Å²) in [7, 11) is 0. The van der Waals surface area contributed by atoms with Crippen molar-refractivity contribution in [2.75, 3.05) is 0 Å². The maximum Gasteiger partial charge on any atom is 0.0169 e. The van der Waals surface area contributed by atoms with Crippen molar-refractivity contribution in [1.29, 1.82) is 0 Å². The lowest BCUT2D eigenvalue weighted by Crippen LogP contribution is -1.70. The van der Waals surface area contributed by atoms with Crippen LogP contribution in [-0.2, 0) is 0 Å². The zero-order valence-electron chi connectivity index (χ0n) is 4.82. The zero-order chi connectivity index (χ0) is 5.44. The third-order valence-electron chi connectivity index (χ3n) is 1.92. The van der Waals surface area contributed by atoms with E-state index < -0.39 is 0 Å². The Morgan fingerprint density at radius 3 is 2.00 bits per heavy atom. The van der Waals surface area contributed by atoms with Gasteiger partial charge in [-0.2, -0.15) is 0 Å². The summed E-state index contributed by atoms with van der Waals surface area (Å²) in [5, 5.41) is 0. The summed E-state index contributed by atoms with van der Waals surface area (Å²) in [4.78, 5) is 0. The molecular formula is C6H11I. The third kappa shape index (κ3) is 0.929. The minimum atomic E-state index is 1.00. The molecule has 1 rings (SSSR count). The Hall–Kier alpha value is 0.730. The molecule has 0 aromatic rings. The lowest BCUT2D eigenvalue weighted by Gasteiger charge is -1.79. The van der Waals surface area contributed by atoms with E-state index in [4.69, 9.17) is 0 Å². The molecule has 0 aliphatic heterocycles. The molecule has 0 amide bonds. The van der Waals surface area contributed by atoms with Crippen molar-refractivity contribution in [3.05, 3.63) is 0 Å². The topological polar surface area (TPSA) is 0 Å². The van der Waals surface area contributed by atoms with E-state index in [0.717, 1.165) is 15.8 Å². The lowest BCUT2D eigenvalue weighted by atomic mass is 10.3. The van der Waals surface area contributed by atoms with Gasteiger partial charge in [0.1, 0.15) is 0 Å². The average molecular weight is 210 g/mol. The van der Waals surface area contributed by atoms with Crippen LogP contribution < -0.4 is 0 Å². The van der Waals surface area contributed by atoms with Crippen LogP contribution in [0.2, 0.25) is 0 Å². The Balaban J connectivity index is 2.24. The fourth-order valence-electron chi connectivity index (χ4n) is 1.09. The van der Waals surface area contributed by atoms with Crippen LogP contribution in [0.1, 0.15) is 20.3 Å². The molecule has 0 bridgehead atoms. The van der Waals surface area contributed by atoms with Crippen LogP contribution in [0.15, 0.2) is 0 Å². The summed E-state index contributed by atoms with van der Waals surface area (Å²) in [6.07, 6.45) is 1.38. The first-order valence-corrected chi connectivity index (χ1v) is 4.16. The van der Waals surface area contributed by atoms with Crippen molar-refractivity contribution in [3.8, 4) is 0 Å². The first-order chi connectivity index (χ1) is 3.27. The molecule has 0 heterocycles. The van der Waals surface area contributed by atoms with Crippen molar-refractivity contribution in [3.63, 3.8) is 0 Å². The van der Waals surface area contributed by atoms with E-state index in [-0.39, 0.29) is 0 Å². The van der Waals surface area contributed by atoms with Gasteiger partial charge in [0.15, 0.2) is 0 Å². The van der Waals surface area contributed by atoms with Gasteiger partial charge in [-0.3, -0.25) is 0 Å². The van der Waals surface area contributed by atoms with Crippen molar-refractivity contribution in [2.24, 2.45) is 11.8 Å². The fraction of sp³-hybridized carbons (Fsp3) is 1.00. The summed E-state index contributed by atoms with van der Waals surface area (Å²) in [5.74, 6) is 2.08. The lowest BCUT2D eigenvalue weighted by molar-refractivity contribution is 0.725. The molecule has 3 atom stereocenters. The summed E-state index contributed by atoms with van der Waals surface area (Å²) in [6.45, 7) is 4.62. The largest absolute Gasteiger partial charge is 0.0820 e. The molecule has 0 nitrogen and oxygen atoms in total. The van der Waals surface area contributed by atoms with Crippen LogP contribution >= 0.6 is 22.6 Å². The highest BCUT2D eigenvalue weighted by molar-refractivity contribution is 14.1. The van der Waals surface area contributed by atoms with Gasteiger partial charge < -0.3 is 0 Å². The molecule has 1 aliphatic carbocycles. The van der Waals surface area contributed by atoms with E-state index in [1.165, 1.54) is 6.42 Å². The minimum absolute atomic E-state index is 1.00. The molecule has 1 fully saturated rings. The normalized spacial score (nSPS) is 49.3. The maximum atomic E-state index is 2.54. The highest BCUT2D eigenvalue weighted by Crippen LogP contribution is 2.47. The van der Waals surface area contributed by atoms with Gasteiger partial charge in [0.05, 0.1) is 0 Å². The van der Waals surface area contributed by atoms with Crippen molar-refractivity contribution < 1.29 is 0 Å². The molecule has 0 N–H and O–H groups in total. The molecule has 2 unspecified atom stereocenters. The first kappa shape index (κ1) is 5.86. The second-order valence-corrected chi connectivity index (χ2v) is 3.81. The van der Waals surface area contributed by atoms with Crippen molar-refractivity contribution in [2.45, 2.75) is 24.2 Å². The third-order valence-corrected chi connectivity index (χ3v) is 3.98. The van der Waals surface area contributed by atoms with Gasteiger partial charge in [0, 0.05) is 3.92 Å². The first-order valence-electron chi connectivity index (χ1n) is 2.91. The van der Waals surface area contributed by atoms with E-state index in [2.05, 4.69) is 36.4 Å². The number of alkyl halides is 1. The van der Waals surface area contributed by atoms with Crippen molar-refractivity contribution in [1.82, 2.24) is 0 Å². The maximum absolute atomic E-state index is 2.54. The highest BCUT2D eigenvalue weighted by Gasteiger charge is 2.42. The summed E-state index contributed by atoms with van der Waals surface area (Å²) >= 11 is 2.54. The van der Waals surface area contributed by atoms with Crippen LogP contribution in [0.5, 0.6) is 0 Å². The molecule has 7 heavy (non-hydrogen) atoms. The minimum Gasteiger partial charge on any atom is -0.0820 e. The van der Waals surface area contributed by atoms with Gasteiger partial charge in [-0.25, -0.2) is 0 Å². The van der Waals surface area contributed by atoms with Crippen LogP contribution in [0.4, 0.5) is 0 Å². The Labute approximate surface area is 58.8 Å². The molecule has 1 saturated carbocycles. The van der Waals surface area contributed by atoms with Gasteiger partial charge in [-0.05, 0) is 11.8 Å². The number of halogens is 1.